The van der Waals surface area contributed by atoms with Gasteiger partial charge in [-0.3, -0.25) is 0 Å². The Hall–Kier alpha value is -0.930. The molecule has 2 atom stereocenters. The minimum Gasteiger partial charge on any atom is -0.393 e. The van der Waals surface area contributed by atoms with Crippen LogP contribution in [0.1, 0.15) is 44.1 Å². The van der Waals surface area contributed by atoms with Crippen molar-refractivity contribution in [3.05, 3.63) is 35.6 Å². The first-order valence-electron chi connectivity index (χ1n) is 7.39. The molecule has 0 aliphatic heterocycles. The van der Waals surface area contributed by atoms with Gasteiger partial charge in [0.05, 0.1) is 6.10 Å². The summed E-state index contributed by atoms with van der Waals surface area (Å²) in [5.74, 6) is 0.335. The van der Waals surface area contributed by atoms with Crippen molar-refractivity contribution in [1.29, 1.82) is 0 Å². The normalized spacial score (nSPS) is 23.5. The number of nitrogens with one attached hydrogen (secondary N) is 1. The van der Waals surface area contributed by atoms with Gasteiger partial charge in [0, 0.05) is 12.1 Å². The van der Waals surface area contributed by atoms with E-state index in [4.69, 9.17) is 0 Å². The van der Waals surface area contributed by atoms with Crippen LogP contribution in [0.3, 0.4) is 0 Å². The van der Waals surface area contributed by atoms with Crippen LogP contribution in [0.4, 0.5) is 4.39 Å². The molecule has 0 aromatic heterocycles. The van der Waals surface area contributed by atoms with Crippen LogP contribution < -0.4 is 5.32 Å². The van der Waals surface area contributed by atoms with Crippen molar-refractivity contribution >= 4 is 0 Å². The molecule has 0 radical (unpaired) electrons. The highest BCUT2D eigenvalue weighted by Gasteiger charge is 2.21. The second-order valence-electron chi connectivity index (χ2n) is 5.52. The van der Waals surface area contributed by atoms with Gasteiger partial charge in [-0.25, -0.2) is 4.39 Å². The topological polar surface area (TPSA) is 32.3 Å². The predicted molar refractivity (Wildman–Crippen MR) is 75.3 cm³/mol. The SMILES string of the molecule is OC1CCCCC1CCCNCc1ccccc1F. The van der Waals surface area contributed by atoms with Crippen molar-refractivity contribution in [1.82, 2.24) is 5.32 Å². The van der Waals surface area contributed by atoms with E-state index in [2.05, 4.69) is 5.32 Å². The molecular formula is C16H24FNO. The quantitative estimate of drug-likeness (QED) is 0.774. The number of halogens is 1. The van der Waals surface area contributed by atoms with Gasteiger partial charge < -0.3 is 10.4 Å². The van der Waals surface area contributed by atoms with E-state index in [1.54, 1.807) is 6.07 Å². The number of benzene rings is 1. The Morgan fingerprint density at radius 1 is 1.21 bits per heavy atom. The van der Waals surface area contributed by atoms with Crippen LogP contribution in [0, 0.1) is 11.7 Å². The van der Waals surface area contributed by atoms with E-state index in [0.29, 0.717) is 12.5 Å². The average Bonchev–Trinajstić information content (AvgIpc) is 2.42. The first kappa shape index (κ1) is 14.5. The summed E-state index contributed by atoms with van der Waals surface area (Å²) in [6, 6.07) is 6.88. The molecule has 0 spiro atoms. The zero-order valence-corrected chi connectivity index (χ0v) is 11.4. The highest BCUT2D eigenvalue weighted by Crippen LogP contribution is 2.27. The highest BCUT2D eigenvalue weighted by atomic mass is 19.1. The molecular weight excluding hydrogens is 241 g/mol. The van der Waals surface area contributed by atoms with E-state index in [1.807, 2.05) is 12.1 Å². The molecule has 1 aromatic rings. The zero-order chi connectivity index (χ0) is 13.5. The molecule has 106 valence electrons. The van der Waals surface area contributed by atoms with Crippen molar-refractivity contribution in [2.24, 2.45) is 5.92 Å². The first-order valence-corrected chi connectivity index (χ1v) is 7.39. The standard InChI is InChI=1S/C16H24FNO/c17-15-9-3-1-7-14(15)12-18-11-5-8-13-6-2-4-10-16(13)19/h1,3,7,9,13,16,18-19H,2,4-6,8,10-12H2. The van der Waals surface area contributed by atoms with Gasteiger partial charge >= 0.3 is 0 Å². The number of hydrogen-bond donors (Lipinski definition) is 2. The van der Waals surface area contributed by atoms with Gasteiger partial charge in [-0.1, -0.05) is 31.0 Å². The van der Waals surface area contributed by atoms with Crippen molar-refractivity contribution in [2.45, 2.75) is 51.2 Å². The monoisotopic (exact) mass is 265 g/mol. The van der Waals surface area contributed by atoms with E-state index in [9.17, 15) is 9.50 Å². The lowest BCUT2D eigenvalue weighted by atomic mass is 9.83. The summed E-state index contributed by atoms with van der Waals surface area (Å²) in [6.07, 6.45) is 6.58. The number of rotatable bonds is 6. The molecule has 0 saturated heterocycles. The molecule has 2 unspecified atom stereocenters. The molecule has 2 rings (SSSR count). The molecule has 0 bridgehead atoms. The van der Waals surface area contributed by atoms with Gasteiger partial charge in [0.2, 0.25) is 0 Å². The second-order valence-corrected chi connectivity index (χ2v) is 5.52. The third-order valence-corrected chi connectivity index (χ3v) is 4.07. The lowest BCUT2D eigenvalue weighted by Crippen LogP contribution is -2.25. The number of hydrogen-bond acceptors (Lipinski definition) is 2. The Labute approximate surface area is 115 Å². The lowest BCUT2D eigenvalue weighted by Gasteiger charge is -2.27. The molecule has 2 N–H and O–H groups in total. The molecule has 1 aliphatic rings. The van der Waals surface area contributed by atoms with E-state index < -0.39 is 0 Å². The third-order valence-electron chi connectivity index (χ3n) is 4.07. The zero-order valence-electron chi connectivity index (χ0n) is 11.4. The molecule has 1 aliphatic carbocycles. The molecule has 3 heteroatoms. The number of aliphatic hydroxyl groups is 1. The van der Waals surface area contributed by atoms with Crippen LogP contribution in [0.2, 0.25) is 0 Å². The minimum absolute atomic E-state index is 0.0969. The Morgan fingerprint density at radius 3 is 2.79 bits per heavy atom. The maximum atomic E-state index is 13.4. The van der Waals surface area contributed by atoms with Crippen molar-refractivity contribution in [2.75, 3.05) is 6.54 Å². The van der Waals surface area contributed by atoms with Gasteiger partial charge in [0.1, 0.15) is 5.82 Å². The second kappa shape index (κ2) is 7.61. The van der Waals surface area contributed by atoms with E-state index in [0.717, 1.165) is 37.8 Å². The summed E-state index contributed by atoms with van der Waals surface area (Å²) in [5, 5.41) is 13.1. The summed E-state index contributed by atoms with van der Waals surface area (Å²) in [4.78, 5) is 0. The molecule has 1 saturated carbocycles. The fourth-order valence-electron chi connectivity index (χ4n) is 2.88. The maximum Gasteiger partial charge on any atom is 0.127 e. The molecule has 1 fully saturated rings. The predicted octanol–water partition coefficient (Wildman–Crippen LogP) is 3.25. The average molecular weight is 265 g/mol. The highest BCUT2D eigenvalue weighted by molar-refractivity contribution is 5.16. The third kappa shape index (κ3) is 4.59. The van der Waals surface area contributed by atoms with Crippen molar-refractivity contribution in [3.8, 4) is 0 Å². The first-order chi connectivity index (χ1) is 9.27. The summed E-state index contributed by atoms with van der Waals surface area (Å²) in [5.41, 5.74) is 0.722. The smallest absolute Gasteiger partial charge is 0.127 e. The molecule has 0 heterocycles. The van der Waals surface area contributed by atoms with Crippen molar-refractivity contribution in [3.63, 3.8) is 0 Å². The fourth-order valence-corrected chi connectivity index (χ4v) is 2.88. The lowest BCUT2D eigenvalue weighted by molar-refractivity contribution is 0.0643. The van der Waals surface area contributed by atoms with Crippen LogP contribution in [0.5, 0.6) is 0 Å². The Morgan fingerprint density at radius 2 is 2.00 bits per heavy atom. The van der Waals surface area contributed by atoms with E-state index >= 15 is 0 Å². The maximum absolute atomic E-state index is 13.4. The Bertz CT molecular complexity index is 383. The van der Waals surface area contributed by atoms with Gasteiger partial charge in [0.25, 0.3) is 0 Å². The summed E-state index contributed by atoms with van der Waals surface area (Å²) in [7, 11) is 0. The molecule has 19 heavy (non-hydrogen) atoms. The Kier molecular flexibility index (Phi) is 5.80. The number of aliphatic hydroxyl groups excluding tert-OH is 1. The minimum atomic E-state index is -0.141. The van der Waals surface area contributed by atoms with Crippen molar-refractivity contribution < 1.29 is 9.50 Å². The summed E-state index contributed by atoms with van der Waals surface area (Å²) < 4.78 is 13.4. The van der Waals surface area contributed by atoms with Crippen LogP contribution in [-0.2, 0) is 6.54 Å². The van der Waals surface area contributed by atoms with E-state index in [1.165, 1.54) is 18.9 Å². The van der Waals surface area contributed by atoms with Gasteiger partial charge in [-0.15, -0.1) is 0 Å². The fraction of sp³-hybridized carbons (Fsp3) is 0.625. The molecule has 1 aromatic carbocycles. The van der Waals surface area contributed by atoms with Crippen LogP contribution >= 0.6 is 0 Å². The van der Waals surface area contributed by atoms with E-state index in [-0.39, 0.29) is 11.9 Å². The van der Waals surface area contributed by atoms with Crippen LogP contribution in [-0.4, -0.2) is 17.8 Å². The van der Waals surface area contributed by atoms with Crippen LogP contribution in [0.15, 0.2) is 24.3 Å². The van der Waals surface area contributed by atoms with Crippen LogP contribution in [0.25, 0.3) is 0 Å². The van der Waals surface area contributed by atoms with Gasteiger partial charge in [-0.05, 0) is 44.2 Å². The molecule has 0 amide bonds. The Balaban J connectivity index is 1.61. The summed E-state index contributed by atoms with van der Waals surface area (Å²) in [6.45, 7) is 1.47. The molecule has 2 nitrogen and oxygen atoms in total. The largest absolute Gasteiger partial charge is 0.393 e. The summed E-state index contributed by atoms with van der Waals surface area (Å²) >= 11 is 0. The van der Waals surface area contributed by atoms with Gasteiger partial charge in [0.15, 0.2) is 0 Å². The van der Waals surface area contributed by atoms with Gasteiger partial charge in [-0.2, -0.15) is 0 Å².